The van der Waals surface area contributed by atoms with Crippen molar-refractivity contribution < 1.29 is 8.42 Å². The van der Waals surface area contributed by atoms with Crippen molar-refractivity contribution in [1.29, 1.82) is 0 Å². The van der Waals surface area contributed by atoms with Crippen molar-refractivity contribution in [3.8, 4) is 0 Å². The summed E-state index contributed by atoms with van der Waals surface area (Å²) in [5, 5.41) is 0.489. The first-order chi connectivity index (χ1) is 8.90. The highest BCUT2D eigenvalue weighted by Crippen LogP contribution is 2.25. The van der Waals surface area contributed by atoms with Crippen LogP contribution < -0.4 is 10.5 Å². The van der Waals surface area contributed by atoms with E-state index in [1.165, 1.54) is 30.5 Å². The quantitative estimate of drug-likeness (QED) is 0.852. The Bertz CT molecular complexity index is 720. The van der Waals surface area contributed by atoms with Crippen LogP contribution in [0.15, 0.2) is 41.4 Å². The fourth-order valence-corrected chi connectivity index (χ4v) is 2.74. The lowest BCUT2D eigenvalue weighted by molar-refractivity contribution is 0.601. The summed E-state index contributed by atoms with van der Waals surface area (Å²) in [5.41, 5.74) is 5.75. The molecule has 2 aromatic rings. The molecule has 0 radical (unpaired) electrons. The van der Waals surface area contributed by atoms with Crippen LogP contribution in [-0.2, 0) is 10.0 Å². The minimum absolute atomic E-state index is 0.0175. The van der Waals surface area contributed by atoms with E-state index >= 15 is 0 Å². The van der Waals surface area contributed by atoms with Gasteiger partial charge in [0.05, 0.1) is 20.6 Å². The van der Waals surface area contributed by atoms with Crippen LogP contribution >= 0.6 is 23.2 Å². The van der Waals surface area contributed by atoms with Gasteiger partial charge in [-0.15, -0.1) is 0 Å². The van der Waals surface area contributed by atoms with Gasteiger partial charge in [-0.3, -0.25) is 4.72 Å². The number of nitrogens with two attached hydrogens (primary N) is 1. The molecule has 100 valence electrons. The van der Waals surface area contributed by atoms with Crippen LogP contribution in [0.1, 0.15) is 0 Å². The molecule has 0 fully saturated rings. The molecule has 0 amide bonds. The fourth-order valence-electron chi connectivity index (χ4n) is 1.34. The Balaban J connectivity index is 2.38. The molecule has 5 nitrogen and oxygen atoms in total. The van der Waals surface area contributed by atoms with E-state index in [2.05, 4.69) is 9.71 Å². The van der Waals surface area contributed by atoms with Gasteiger partial charge in [0.25, 0.3) is 10.0 Å². The lowest BCUT2D eigenvalue weighted by Crippen LogP contribution is -2.14. The van der Waals surface area contributed by atoms with Gasteiger partial charge in [-0.1, -0.05) is 23.2 Å². The van der Waals surface area contributed by atoms with Crippen molar-refractivity contribution in [2.45, 2.75) is 4.90 Å². The average Bonchev–Trinajstić information content (AvgIpc) is 2.35. The number of aromatic nitrogens is 1. The molecule has 0 bridgehead atoms. The number of halogens is 2. The molecule has 0 saturated heterocycles. The average molecular weight is 318 g/mol. The Morgan fingerprint density at radius 2 is 1.89 bits per heavy atom. The number of anilines is 2. The number of benzene rings is 1. The molecule has 0 atom stereocenters. The summed E-state index contributed by atoms with van der Waals surface area (Å²) < 4.78 is 26.5. The number of nitrogens with zero attached hydrogens (tertiary/aromatic N) is 1. The molecular formula is C11H9Cl2N3O2S. The molecule has 8 heteroatoms. The molecule has 0 aliphatic heterocycles. The van der Waals surface area contributed by atoms with Crippen LogP contribution in [-0.4, -0.2) is 13.4 Å². The summed E-state index contributed by atoms with van der Waals surface area (Å²) in [6, 6.07) is 7.15. The van der Waals surface area contributed by atoms with Crippen molar-refractivity contribution in [3.05, 3.63) is 46.6 Å². The molecule has 0 unspecified atom stereocenters. The number of nitrogens with one attached hydrogen (secondary N) is 1. The first-order valence-electron chi connectivity index (χ1n) is 5.08. The molecule has 0 saturated carbocycles. The van der Waals surface area contributed by atoms with Crippen LogP contribution in [0, 0.1) is 0 Å². The molecule has 0 aliphatic rings. The van der Waals surface area contributed by atoms with Gasteiger partial charge in [0.15, 0.2) is 5.82 Å². The summed E-state index contributed by atoms with van der Waals surface area (Å²) in [5.74, 6) is 0.0534. The zero-order chi connectivity index (χ0) is 14.0. The fraction of sp³-hybridized carbons (Fsp3) is 0. The van der Waals surface area contributed by atoms with E-state index in [0.29, 0.717) is 0 Å². The van der Waals surface area contributed by atoms with Crippen LogP contribution in [0.25, 0.3) is 0 Å². The van der Waals surface area contributed by atoms with Gasteiger partial charge in [-0.25, -0.2) is 13.4 Å². The third kappa shape index (κ3) is 3.09. The Kier molecular flexibility index (Phi) is 3.84. The van der Waals surface area contributed by atoms with Crippen LogP contribution in [0.4, 0.5) is 11.5 Å². The monoisotopic (exact) mass is 317 g/mol. The third-order valence-electron chi connectivity index (χ3n) is 2.27. The zero-order valence-electron chi connectivity index (χ0n) is 9.47. The minimum atomic E-state index is -3.81. The lowest BCUT2D eigenvalue weighted by Gasteiger charge is -2.09. The van der Waals surface area contributed by atoms with E-state index in [1.54, 1.807) is 6.07 Å². The molecule has 3 N–H and O–H groups in total. The first-order valence-corrected chi connectivity index (χ1v) is 7.32. The zero-order valence-corrected chi connectivity index (χ0v) is 11.8. The lowest BCUT2D eigenvalue weighted by atomic mass is 10.3. The van der Waals surface area contributed by atoms with Crippen molar-refractivity contribution in [1.82, 2.24) is 4.98 Å². The van der Waals surface area contributed by atoms with Gasteiger partial charge in [-0.05, 0) is 30.3 Å². The summed E-state index contributed by atoms with van der Waals surface area (Å²) in [6.45, 7) is 0. The number of hydrogen-bond acceptors (Lipinski definition) is 4. The maximum atomic E-state index is 12.1. The Morgan fingerprint density at radius 1 is 1.16 bits per heavy atom. The normalized spacial score (nSPS) is 11.3. The molecule has 19 heavy (non-hydrogen) atoms. The molecule has 1 aromatic carbocycles. The smallest absolute Gasteiger partial charge is 0.263 e. The van der Waals surface area contributed by atoms with Crippen molar-refractivity contribution in [2.24, 2.45) is 0 Å². The highest BCUT2D eigenvalue weighted by molar-refractivity contribution is 7.92. The van der Waals surface area contributed by atoms with Crippen molar-refractivity contribution in [3.63, 3.8) is 0 Å². The van der Waals surface area contributed by atoms with E-state index in [4.69, 9.17) is 28.9 Å². The molecule has 0 aliphatic carbocycles. The first kappa shape index (κ1) is 13.9. The maximum Gasteiger partial charge on any atom is 0.263 e. The second-order valence-corrected chi connectivity index (χ2v) is 6.12. The second-order valence-electron chi connectivity index (χ2n) is 3.62. The number of sulfonamides is 1. The van der Waals surface area contributed by atoms with Crippen LogP contribution in [0.3, 0.4) is 0 Å². The summed E-state index contributed by atoms with van der Waals surface area (Å²) >= 11 is 11.6. The molecule has 0 spiro atoms. The van der Waals surface area contributed by atoms with E-state index in [-0.39, 0.29) is 26.4 Å². The third-order valence-corrected chi connectivity index (χ3v) is 4.25. The van der Waals surface area contributed by atoms with E-state index in [0.717, 1.165) is 0 Å². The highest BCUT2D eigenvalue weighted by atomic mass is 35.5. The molecular weight excluding hydrogens is 309 g/mol. The Morgan fingerprint density at radius 3 is 2.53 bits per heavy atom. The Hall–Kier alpha value is -1.50. The van der Waals surface area contributed by atoms with Crippen LogP contribution in [0.2, 0.25) is 10.0 Å². The second kappa shape index (κ2) is 5.24. The van der Waals surface area contributed by atoms with Crippen LogP contribution in [0.5, 0.6) is 0 Å². The number of nitrogen functional groups attached to an aromatic ring is 1. The number of rotatable bonds is 3. The van der Waals surface area contributed by atoms with Gasteiger partial charge in [-0.2, -0.15) is 0 Å². The van der Waals surface area contributed by atoms with Crippen molar-refractivity contribution >= 4 is 44.7 Å². The van der Waals surface area contributed by atoms with Gasteiger partial charge in [0.2, 0.25) is 0 Å². The van der Waals surface area contributed by atoms with Gasteiger partial charge in [0, 0.05) is 6.20 Å². The molecule has 2 rings (SSSR count). The van der Waals surface area contributed by atoms with E-state index < -0.39 is 10.0 Å². The Labute approximate surface area is 120 Å². The molecule has 1 aromatic heterocycles. The van der Waals surface area contributed by atoms with E-state index in [1.807, 2.05) is 0 Å². The number of hydrogen-bond donors (Lipinski definition) is 2. The largest absolute Gasteiger partial charge is 0.397 e. The van der Waals surface area contributed by atoms with Gasteiger partial charge < -0.3 is 5.73 Å². The molecule has 1 heterocycles. The predicted octanol–water partition coefficient (Wildman–Crippen LogP) is 2.77. The standard InChI is InChI=1S/C11H9Cl2N3O2S/c12-8-4-3-7(6-10(8)14)19(17,18)16-11-9(13)2-1-5-15-11/h1-6H,14H2,(H,15,16). The predicted molar refractivity (Wildman–Crippen MR) is 75.9 cm³/mol. The SMILES string of the molecule is Nc1cc(S(=O)(=O)Nc2ncccc2Cl)ccc1Cl. The maximum absolute atomic E-state index is 12.1. The summed E-state index contributed by atoms with van der Waals surface area (Å²) in [7, 11) is -3.81. The number of pyridine rings is 1. The topological polar surface area (TPSA) is 85.1 Å². The van der Waals surface area contributed by atoms with Gasteiger partial charge >= 0.3 is 0 Å². The van der Waals surface area contributed by atoms with Crippen molar-refractivity contribution in [2.75, 3.05) is 10.5 Å². The summed E-state index contributed by atoms with van der Waals surface area (Å²) in [4.78, 5) is 3.83. The highest BCUT2D eigenvalue weighted by Gasteiger charge is 2.17. The minimum Gasteiger partial charge on any atom is -0.397 e. The van der Waals surface area contributed by atoms with Gasteiger partial charge in [0.1, 0.15) is 0 Å². The summed E-state index contributed by atoms with van der Waals surface area (Å²) in [6.07, 6.45) is 1.43. The van der Waals surface area contributed by atoms with E-state index in [9.17, 15) is 8.42 Å².